The van der Waals surface area contributed by atoms with Gasteiger partial charge in [0, 0.05) is 24.9 Å². The molecule has 1 aliphatic heterocycles. The summed E-state index contributed by atoms with van der Waals surface area (Å²) in [7, 11) is -3.51. The van der Waals surface area contributed by atoms with Crippen LogP contribution in [0.25, 0.3) is 21.8 Å². The van der Waals surface area contributed by atoms with Crippen LogP contribution < -0.4 is 0 Å². The lowest BCUT2D eigenvalue weighted by atomic mass is 10.0. The number of nitrogens with zero attached hydrogens (tertiary/aromatic N) is 3. The van der Waals surface area contributed by atoms with Gasteiger partial charge in [-0.05, 0) is 66.1 Å². The van der Waals surface area contributed by atoms with Crippen molar-refractivity contribution in [3.8, 4) is 0 Å². The molecule has 1 saturated carbocycles. The summed E-state index contributed by atoms with van der Waals surface area (Å²) >= 11 is 1.75. The summed E-state index contributed by atoms with van der Waals surface area (Å²) in [6.45, 7) is 3.34. The van der Waals surface area contributed by atoms with Gasteiger partial charge in [0.05, 0.1) is 15.9 Å². The molecule has 0 spiro atoms. The van der Waals surface area contributed by atoms with E-state index in [1.165, 1.54) is 29.2 Å². The molecule has 1 aliphatic carbocycles. The van der Waals surface area contributed by atoms with E-state index in [0.717, 1.165) is 47.6 Å². The van der Waals surface area contributed by atoms with Crippen LogP contribution in [0.4, 0.5) is 0 Å². The average molecular weight is 520 g/mol. The van der Waals surface area contributed by atoms with Crippen LogP contribution in [0.1, 0.15) is 57.1 Å². The van der Waals surface area contributed by atoms with Gasteiger partial charge in [0.15, 0.2) is 5.16 Å². The highest BCUT2D eigenvalue weighted by Crippen LogP contribution is 2.38. The molecule has 5 nitrogen and oxygen atoms in total. The van der Waals surface area contributed by atoms with E-state index in [4.69, 9.17) is 4.98 Å². The molecule has 188 valence electrons. The molecular formula is C29H33N3O2S2. The number of thioether (sulfide) groups is 1. The zero-order chi connectivity index (χ0) is 24.7. The Morgan fingerprint density at radius 2 is 1.75 bits per heavy atom. The van der Waals surface area contributed by atoms with E-state index >= 15 is 0 Å². The Labute approximate surface area is 218 Å². The molecule has 0 bridgehead atoms. The maximum atomic E-state index is 13.4. The van der Waals surface area contributed by atoms with Crippen LogP contribution in [-0.2, 0) is 15.8 Å². The van der Waals surface area contributed by atoms with E-state index in [1.807, 2.05) is 6.07 Å². The molecule has 36 heavy (non-hydrogen) atoms. The average Bonchev–Trinajstić information content (AvgIpc) is 3.54. The lowest BCUT2D eigenvalue weighted by molar-refractivity contribution is 0.281. The molecule has 2 fully saturated rings. The fraction of sp³-hybridized carbons (Fsp3) is 0.414. The van der Waals surface area contributed by atoms with Gasteiger partial charge in [-0.3, -0.25) is 0 Å². The van der Waals surface area contributed by atoms with Gasteiger partial charge in [-0.25, -0.2) is 13.4 Å². The third-order valence-electron chi connectivity index (χ3n) is 7.76. The van der Waals surface area contributed by atoms with Crippen LogP contribution in [0.15, 0.2) is 70.7 Å². The molecule has 6 rings (SSSR count). The van der Waals surface area contributed by atoms with Crippen LogP contribution in [-0.4, -0.2) is 35.4 Å². The molecule has 3 aromatic carbocycles. The van der Waals surface area contributed by atoms with Crippen LogP contribution in [0.3, 0.4) is 0 Å². The number of rotatable bonds is 6. The van der Waals surface area contributed by atoms with E-state index in [1.54, 1.807) is 28.2 Å². The van der Waals surface area contributed by atoms with Crippen molar-refractivity contribution < 1.29 is 8.42 Å². The van der Waals surface area contributed by atoms with Crippen molar-refractivity contribution in [2.75, 3.05) is 13.1 Å². The Hall–Kier alpha value is -2.35. The van der Waals surface area contributed by atoms with Gasteiger partial charge in [-0.15, -0.1) is 0 Å². The van der Waals surface area contributed by atoms with Crippen molar-refractivity contribution in [2.45, 2.75) is 67.3 Å². The number of hydrogen-bond donors (Lipinski definition) is 0. The predicted octanol–water partition coefficient (Wildman–Crippen LogP) is 7.02. The second-order valence-electron chi connectivity index (χ2n) is 10.4. The molecule has 1 aromatic heterocycles. The van der Waals surface area contributed by atoms with Crippen molar-refractivity contribution in [2.24, 2.45) is 5.92 Å². The minimum absolute atomic E-state index is 0.367. The molecule has 7 heteroatoms. The minimum atomic E-state index is -3.51. The largest absolute Gasteiger partial charge is 0.316 e. The summed E-state index contributed by atoms with van der Waals surface area (Å²) in [4.78, 5) is 5.38. The summed E-state index contributed by atoms with van der Waals surface area (Å²) in [5, 5.41) is 3.49. The van der Waals surface area contributed by atoms with E-state index in [2.05, 4.69) is 54.0 Å². The number of aromatic nitrogens is 2. The number of fused-ring (bicyclic) bond motifs is 2. The van der Waals surface area contributed by atoms with E-state index in [0.29, 0.717) is 29.9 Å². The second-order valence-corrected chi connectivity index (χ2v) is 13.3. The zero-order valence-corrected chi connectivity index (χ0v) is 22.4. The minimum Gasteiger partial charge on any atom is -0.316 e. The highest BCUT2D eigenvalue weighted by atomic mass is 32.2. The van der Waals surface area contributed by atoms with Gasteiger partial charge in [0.25, 0.3) is 0 Å². The summed E-state index contributed by atoms with van der Waals surface area (Å²) in [5.74, 6) is 1.23. The third kappa shape index (κ3) is 4.57. The standard InChI is InChI=1S/C29H33N3O2S2/c1-21-7-6-16-31(19-21)36(33,34)26-14-15-28-27(18-26)30-29(32(28)25-10-4-5-11-25)35-20-22-12-13-23-8-2-3-9-24(23)17-22/h2-3,8-9,12-15,17-18,21,25H,4-7,10-11,16,19-20H2,1H3/t21-/m0/s1. The zero-order valence-electron chi connectivity index (χ0n) is 20.8. The first kappa shape index (κ1) is 24.0. The van der Waals surface area contributed by atoms with Gasteiger partial charge in [-0.2, -0.15) is 4.31 Å². The van der Waals surface area contributed by atoms with Gasteiger partial charge in [0.1, 0.15) is 0 Å². The molecule has 2 heterocycles. The fourth-order valence-electron chi connectivity index (χ4n) is 5.82. The molecule has 0 radical (unpaired) electrons. The van der Waals surface area contributed by atoms with Crippen molar-refractivity contribution in [1.29, 1.82) is 0 Å². The molecule has 4 aromatic rings. The first-order chi connectivity index (χ1) is 17.5. The number of benzene rings is 3. The highest BCUT2D eigenvalue weighted by molar-refractivity contribution is 7.98. The van der Waals surface area contributed by atoms with Crippen LogP contribution in [0.2, 0.25) is 0 Å². The van der Waals surface area contributed by atoms with Gasteiger partial charge in [-0.1, -0.05) is 74.0 Å². The molecular weight excluding hydrogens is 486 g/mol. The predicted molar refractivity (Wildman–Crippen MR) is 148 cm³/mol. The molecule has 1 saturated heterocycles. The topological polar surface area (TPSA) is 55.2 Å². The molecule has 1 atom stereocenters. The van der Waals surface area contributed by atoms with Crippen molar-refractivity contribution >= 4 is 43.6 Å². The maximum absolute atomic E-state index is 13.4. The van der Waals surface area contributed by atoms with Gasteiger partial charge in [0.2, 0.25) is 10.0 Å². The number of sulfonamides is 1. The van der Waals surface area contributed by atoms with E-state index in [-0.39, 0.29) is 0 Å². The Morgan fingerprint density at radius 1 is 0.944 bits per heavy atom. The normalized spacial score (nSPS) is 20.0. The quantitative estimate of drug-likeness (QED) is 0.257. The molecule has 0 N–H and O–H groups in total. The van der Waals surface area contributed by atoms with Crippen molar-refractivity contribution in [3.63, 3.8) is 0 Å². The SMILES string of the molecule is C[C@H]1CCCN(S(=O)(=O)c2ccc3c(c2)nc(SCc2ccc4ccccc4c2)n3C2CCCC2)C1. The number of piperidine rings is 1. The second kappa shape index (κ2) is 9.84. The smallest absolute Gasteiger partial charge is 0.243 e. The van der Waals surface area contributed by atoms with Gasteiger partial charge >= 0.3 is 0 Å². The Balaban J connectivity index is 1.33. The Kier molecular flexibility index (Phi) is 6.56. The Morgan fingerprint density at radius 3 is 2.56 bits per heavy atom. The molecule has 0 amide bonds. The number of imidazole rings is 1. The maximum Gasteiger partial charge on any atom is 0.243 e. The lowest BCUT2D eigenvalue weighted by Crippen LogP contribution is -2.39. The third-order valence-corrected chi connectivity index (χ3v) is 10.6. The first-order valence-electron chi connectivity index (χ1n) is 13.1. The van der Waals surface area contributed by atoms with Crippen LogP contribution in [0, 0.1) is 5.92 Å². The van der Waals surface area contributed by atoms with E-state index in [9.17, 15) is 8.42 Å². The summed E-state index contributed by atoms with van der Waals surface area (Å²) in [6, 6.07) is 21.1. The highest BCUT2D eigenvalue weighted by Gasteiger charge is 2.30. The number of hydrogen-bond acceptors (Lipinski definition) is 4. The van der Waals surface area contributed by atoms with Crippen LogP contribution >= 0.6 is 11.8 Å². The monoisotopic (exact) mass is 519 g/mol. The molecule has 2 aliphatic rings. The fourth-order valence-corrected chi connectivity index (χ4v) is 8.47. The summed E-state index contributed by atoms with van der Waals surface area (Å²) in [5.41, 5.74) is 3.11. The lowest BCUT2D eigenvalue weighted by Gasteiger charge is -2.30. The Bertz CT molecular complexity index is 1510. The van der Waals surface area contributed by atoms with Crippen molar-refractivity contribution in [1.82, 2.24) is 13.9 Å². The van der Waals surface area contributed by atoms with E-state index < -0.39 is 10.0 Å². The first-order valence-corrected chi connectivity index (χ1v) is 15.5. The van der Waals surface area contributed by atoms with Gasteiger partial charge < -0.3 is 4.57 Å². The summed E-state index contributed by atoms with van der Waals surface area (Å²) in [6.07, 6.45) is 6.79. The molecule has 0 unspecified atom stereocenters. The van der Waals surface area contributed by atoms with Crippen LogP contribution in [0.5, 0.6) is 0 Å². The summed E-state index contributed by atoms with van der Waals surface area (Å²) < 4.78 is 30.9. The van der Waals surface area contributed by atoms with Crippen molar-refractivity contribution in [3.05, 3.63) is 66.2 Å².